The van der Waals surface area contributed by atoms with Crippen molar-refractivity contribution in [2.75, 3.05) is 19.7 Å². The molecule has 0 radical (unpaired) electrons. The van der Waals surface area contributed by atoms with Crippen LogP contribution in [0.25, 0.3) is 0 Å². The summed E-state index contributed by atoms with van der Waals surface area (Å²) in [6.07, 6.45) is 1.55. The molecule has 1 aliphatic rings. The zero-order valence-corrected chi connectivity index (χ0v) is 20.3. The summed E-state index contributed by atoms with van der Waals surface area (Å²) in [6, 6.07) is 11.3. The number of fused-ring (bicyclic) bond motifs is 1. The molecule has 0 unspecified atom stereocenters. The molecular weight excluding hydrogens is 459 g/mol. The summed E-state index contributed by atoms with van der Waals surface area (Å²) in [5, 5.41) is 3.91. The Bertz CT molecular complexity index is 1080. The quantitative estimate of drug-likeness (QED) is 0.429. The minimum absolute atomic E-state index is 0.0261. The summed E-state index contributed by atoms with van der Waals surface area (Å²) >= 11 is 3.07. The zero-order valence-electron chi connectivity index (χ0n) is 18.7. The van der Waals surface area contributed by atoms with E-state index in [9.17, 15) is 14.0 Å². The molecule has 0 fully saturated rings. The van der Waals surface area contributed by atoms with Gasteiger partial charge in [-0.2, -0.15) is 0 Å². The third-order valence-electron chi connectivity index (χ3n) is 6.06. The number of carbonyl (C=O) groups is 2. The molecule has 3 aromatic rings. The van der Waals surface area contributed by atoms with E-state index in [1.807, 2.05) is 41.6 Å². The van der Waals surface area contributed by atoms with Gasteiger partial charge in [0.25, 0.3) is 5.91 Å². The molecule has 8 heteroatoms. The summed E-state index contributed by atoms with van der Waals surface area (Å²) in [5.41, 5.74) is 1.08. The Balaban J connectivity index is 1.53. The molecule has 174 valence electrons. The third-order valence-corrected chi connectivity index (χ3v) is 7.91. The minimum atomic E-state index is -0.322. The van der Waals surface area contributed by atoms with Crippen molar-refractivity contribution < 1.29 is 18.7 Å². The second kappa shape index (κ2) is 10.5. The Morgan fingerprint density at radius 3 is 2.67 bits per heavy atom. The summed E-state index contributed by atoms with van der Waals surface area (Å²) in [5.74, 6) is 0.0301. The van der Waals surface area contributed by atoms with Crippen molar-refractivity contribution in [1.82, 2.24) is 9.80 Å². The number of benzene rings is 1. The fourth-order valence-electron chi connectivity index (χ4n) is 4.01. The number of nitrogens with zero attached hydrogens (tertiary/aromatic N) is 2. The van der Waals surface area contributed by atoms with Crippen LogP contribution in [0.2, 0.25) is 0 Å². The van der Waals surface area contributed by atoms with Crippen molar-refractivity contribution in [3.05, 3.63) is 74.4 Å². The first-order valence-electron chi connectivity index (χ1n) is 11.1. The van der Waals surface area contributed by atoms with Gasteiger partial charge in [-0.05, 0) is 72.5 Å². The number of thiophene rings is 2. The number of halogens is 1. The van der Waals surface area contributed by atoms with Crippen molar-refractivity contribution in [3.8, 4) is 5.75 Å². The Kier molecular flexibility index (Phi) is 7.45. The van der Waals surface area contributed by atoms with Crippen LogP contribution < -0.4 is 4.74 Å². The summed E-state index contributed by atoms with van der Waals surface area (Å²) in [7, 11) is 0. The monoisotopic (exact) mass is 486 g/mol. The van der Waals surface area contributed by atoms with Gasteiger partial charge in [0.15, 0.2) is 0 Å². The largest absolute Gasteiger partial charge is 0.491 e. The molecule has 0 saturated carbocycles. The second-order valence-corrected chi connectivity index (χ2v) is 10.0. The van der Waals surface area contributed by atoms with Crippen LogP contribution in [0.3, 0.4) is 0 Å². The average molecular weight is 487 g/mol. The van der Waals surface area contributed by atoms with Gasteiger partial charge in [-0.3, -0.25) is 9.59 Å². The van der Waals surface area contributed by atoms with Gasteiger partial charge >= 0.3 is 0 Å². The molecule has 0 N–H and O–H groups in total. The van der Waals surface area contributed by atoms with E-state index in [1.54, 1.807) is 34.4 Å². The van der Waals surface area contributed by atoms with E-state index in [2.05, 4.69) is 0 Å². The minimum Gasteiger partial charge on any atom is -0.491 e. The van der Waals surface area contributed by atoms with Gasteiger partial charge in [-0.1, -0.05) is 13.0 Å². The fraction of sp³-hybridized carbons (Fsp3) is 0.360. The second-order valence-electron chi connectivity index (χ2n) is 8.08. The van der Waals surface area contributed by atoms with E-state index in [-0.39, 0.29) is 42.9 Å². The summed E-state index contributed by atoms with van der Waals surface area (Å²) in [6.45, 7) is 4.86. The van der Waals surface area contributed by atoms with Crippen LogP contribution in [0.15, 0.2) is 53.2 Å². The van der Waals surface area contributed by atoms with Crippen LogP contribution >= 0.6 is 22.7 Å². The fourth-order valence-corrected chi connectivity index (χ4v) is 5.61. The predicted molar refractivity (Wildman–Crippen MR) is 129 cm³/mol. The number of hydrogen-bond acceptors (Lipinski definition) is 5. The van der Waals surface area contributed by atoms with Crippen LogP contribution in [0.4, 0.5) is 4.39 Å². The Labute approximate surface area is 201 Å². The maximum atomic E-state index is 13.5. The number of hydrogen-bond donors (Lipinski definition) is 0. The number of rotatable bonds is 8. The van der Waals surface area contributed by atoms with E-state index < -0.39 is 0 Å². The summed E-state index contributed by atoms with van der Waals surface area (Å²) < 4.78 is 19.2. The normalized spacial score (nSPS) is 16.2. The van der Waals surface area contributed by atoms with E-state index in [1.165, 1.54) is 28.3 Å². The maximum absolute atomic E-state index is 13.5. The van der Waals surface area contributed by atoms with Crippen LogP contribution in [0, 0.1) is 5.82 Å². The lowest BCUT2D eigenvalue weighted by Gasteiger charge is -2.38. The molecule has 5 nitrogen and oxygen atoms in total. The van der Waals surface area contributed by atoms with Gasteiger partial charge < -0.3 is 14.5 Å². The number of ether oxygens (including phenoxy) is 1. The molecule has 1 aromatic carbocycles. The van der Waals surface area contributed by atoms with E-state index in [0.29, 0.717) is 17.2 Å². The van der Waals surface area contributed by atoms with Crippen LogP contribution in [-0.2, 0) is 11.2 Å². The first-order chi connectivity index (χ1) is 16.0. The number of carbonyl (C=O) groups excluding carboxylic acids is 2. The van der Waals surface area contributed by atoms with Gasteiger partial charge in [0.05, 0.1) is 10.9 Å². The van der Waals surface area contributed by atoms with Crippen LogP contribution in [0.5, 0.6) is 5.75 Å². The first-order valence-corrected chi connectivity index (χ1v) is 12.8. The van der Waals surface area contributed by atoms with Crippen LogP contribution in [-0.4, -0.2) is 47.4 Å². The van der Waals surface area contributed by atoms with Crippen molar-refractivity contribution in [1.29, 1.82) is 0 Å². The predicted octanol–water partition coefficient (Wildman–Crippen LogP) is 5.39. The molecule has 2 aromatic heterocycles. The lowest BCUT2D eigenvalue weighted by atomic mass is 10.00. The SMILES string of the molecule is CC[C@@H](C)N(CC(=O)N1CCc2sccc2[C@@H]1COc1ccc(F)cc1)C(=O)c1cccs1. The van der Waals surface area contributed by atoms with Gasteiger partial charge in [-0.15, -0.1) is 22.7 Å². The molecule has 0 bridgehead atoms. The lowest BCUT2D eigenvalue weighted by Crippen LogP contribution is -2.49. The molecule has 2 amide bonds. The van der Waals surface area contributed by atoms with Crippen molar-refractivity contribution in [2.24, 2.45) is 0 Å². The molecule has 0 spiro atoms. The topological polar surface area (TPSA) is 49.9 Å². The van der Waals surface area contributed by atoms with E-state index in [0.717, 1.165) is 18.4 Å². The molecule has 2 atom stereocenters. The third kappa shape index (κ3) is 5.28. The Morgan fingerprint density at radius 2 is 1.97 bits per heavy atom. The molecule has 0 aliphatic carbocycles. The first kappa shape index (κ1) is 23.4. The summed E-state index contributed by atoms with van der Waals surface area (Å²) in [4.78, 5) is 32.0. The highest BCUT2D eigenvalue weighted by atomic mass is 32.1. The molecule has 4 rings (SSSR count). The lowest BCUT2D eigenvalue weighted by molar-refractivity contribution is -0.136. The Morgan fingerprint density at radius 1 is 1.18 bits per heavy atom. The molecule has 0 saturated heterocycles. The zero-order chi connectivity index (χ0) is 23.4. The highest BCUT2D eigenvalue weighted by Gasteiger charge is 2.34. The molecule has 1 aliphatic heterocycles. The van der Waals surface area contributed by atoms with Gasteiger partial charge in [0.2, 0.25) is 5.91 Å². The number of amides is 2. The van der Waals surface area contributed by atoms with Gasteiger partial charge in [0.1, 0.15) is 24.7 Å². The highest BCUT2D eigenvalue weighted by Crippen LogP contribution is 2.34. The maximum Gasteiger partial charge on any atom is 0.264 e. The molecule has 33 heavy (non-hydrogen) atoms. The smallest absolute Gasteiger partial charge is 0.264 e. The van der Waals surface area contributed by atoms with E-state index >= 15 is 0 Å². The van der Waals surface area contributed by atoms with Crippen molar-refractivity contribution in [2.45, 2.75) is 38.8 Å². The molecular formula is C25H27FN2O3S2. The van der Waals surface area contributed by atoms with Gasteiger partial charge in [-0.25, -0.2) is 4.39 Å². The van der Waals surface area contributed by atoms with Crippen molar-refractivity contribution >= 4 is 34.5 Å². The van der Waals surface area contributed by atoms with Gasteiger partial charge in [0, 0.05) is 17.5 Å². The Hall–Kier alpha value is -2.71. The molecule has 3 heterocycles. The van der Waals surface area contributed by atoms with Crippen molar-refractivity contribution in [3.63, 3.8) is 0 Å². The van der Waals surface area contributed by atoms with Crippen LogP contribution in [0.1, 0.15) is 46.4 Å². The average Bonchev–Trinajstić information content (AvgIpc) is 3.53. The standard InChI is InChI=1S/C25H27FN2O3S2/c1-3-17(2)28(25(30)23-5-4-13-32-23)15-24(29)27-12-10-22-20(11-14-33-22)21(27)16-31-19-8-6-18(26)7-9-19/h4-9,11,13-14,17,21H,3,10,12,15-16H2,1-2H3/t17-,21+/m1/s1. The van der Waals surface area contributed by atoms with E-state index in [4.69, 9.17) is 4.74 Å². The highest BCUT2D eigenvalue weighted by molar-refractivity contribution is 7.12.